The molecule has 1 fully saturated rings. The molecular formula is C16H25ClN2. The maximum atomic E-state index is 3.56. The van der Waals surface area contributed by atoms with Gasteiger partial charge in [-0.3, -0.25) is 4.90 Å². The molecular weight excluding hydrogens is 256 g/mol. The van der Waals surface area contributed by atoms with Gasteiger partial charge < -0.3 is 5.32 Å². The average Bonchev–Trinajstić information content (AvgIpc) is 3.04. The molecule has 106 valence electrons. The van der Waals surface area contributed by atoms with Gasteiger partial charge in [0.25, 0.3) is 0 Å². The van der Waals surface area contributed by atoms with Crippen LogP contribution in [0.5, 0.6) is 0 Å². The predicted octanol–water partition coefficient (Wildman–Crippen LogP) is 3.70. The highest BCUT2D eigenvalue weighted by Gasteiger charge is 2.24. The normalized spacial score (nSPS) is 16.9. The Hall–Kier alpha value is -0.730. The van der Waals surface area contributed by atoms with Gasteiger partial charge in [-0.2, -0.15) is 0 Å². The molecule has 1 N–H and O–H groups in total. The van der Waals surface area contributed by atoms with Gasteiger partial charge >= 0.3 is 0 Å². The first-order valence-electron chi connectivity index (χ1n) is 7.44. The van der Waals surface area contributed by atoms with E-state index >= 15 is 0 Å². The zero-order valence-corrected chi connectivity index (χ0v) is 12.6. The first-order chi connectivity index (χ1) is 8.86. The van der Waals surface area contributed by atoms with Crippen LogP contribution in [0.4, 0.5) is 5.69 Å². The molecule has 0 saturated heterocycles. The Balaban J connectivity index is 0.00000133. The molecule has 2 aliphatic rings. The third-order valence-electron chi connectivity index (χ3n) is 4.08. The van der Waals surface area contributed by atoms with Crippen molar-refractivity contribution in [2.45, 2.75) is 39.2 Å². The number of anilines is 1. The number of rotatable bonds is 6. The van der Waals surface area contributed by atoms with E-state index in [0.29, 0.717) is 0 Å². The molecule has 0 amide bonds. The number of para-hydroxylation sites is 1. The van der Waals surface area contributed by atoms with Gasteiger partial charge in [-0.25, -0.2) is 0 Å². The summed E-state index contributed by atoms with van der Waals surface area (Å²) in [5, 5.41) is 3.56. The van der Waals surface area contributed by atoms with Crippen molar-refractivity contribution >= 4 is 18.1 Å². The molecule has 2 nitrogen and oxygen atoms in total. The predicted molar refractivity (Wildman–Crippen MR) is 84.2 cm³/mol. The van der Waals surface area contributed by atoms with Crippen molar-refractivity contribution in [3.63, 3.8) is 0 Å². The lowest BCUT2D eigenvalue weighted by molar-refractivity contribution is 0.255. The van der Waals surface area contributed by atoms with Crippen molar-refractivity contribution < 1.29 is 0 Å². The first kappa shape index (κ1) is 14.7. The Labute approximate surface area is 123 Å². The monoisotopic (exact) mass is 280 g/mol. The van der Waals surface area contributed by atoms with Crippen LogP contribution in [0.25, 0.3) is 0 Å². The van der Waals surface area contributed by atoms with E-state index in [4.69, 9.17) is 0 Å². The number of benzene rings is 1. The molecule has 0 spiro atoms. The summed E-state index contributed by atoms with van der Waals surface area (Å²) in [6.07, 6.45) is 5.35. The molecule has 3 rings (SSSR count). The van der Waals surface area contributed by atoms with Crippen molar-refractivity contribution in [2.75, 3.05) is 25.0 Å². The highest BCUT2D eigenvalue weighted by atomic mass is 35.5. The molecule has 1 saturated carbocycles. The fourth-order valence-corrected chi connectivity index (χ4v) is 3.00. The number of nitrogens with zero attached hydrogens (tertiary/aromatic N) is 1. The van der Waals surface area contributed by atoms with Crippen LogP contribution in [0, 0.1) is 5.92 Å². The minimum absolute atomic E-state index is 0. The second-order valence-electron chi connectivity index (χ2n) is 5.81. The maximum Gasteiger partial charge on any atom is 0.0419 e. The van der Waals surface area contributed by atoms with Gasteiger partial charge in [-0.05, 0) is 49.3 Å². The zero-order chi connectivity index (χ0) is 12.4. The average molecular weight is 281 g/mol. The maximum absolute atomic E-state index is 3.56. The third kappa shape index (κ3) is 3.64. The number of fused-ring (bicyclic) bond motifs is 1. The van der Waals surface area contributed by atoms with Gasteiger partial charge in [0.1, 0.15) is 0 Å². The summed E-state index contributed by atoms with van der Waals surface area (Å²) in [5.74, 6) is 0.987. The first-order valence-corrected chi connectivity index (χ1v) is 7.44. The standard InChI is InChI=1S/C16H24N2.ClH/c1-2-10-18(11-13-6-7-13)12-15-5-3-4-14-8-9-17-16(14)15;/h3-5,13,17H,2,6-12H2,1H3;1H. The Kier molecular flexibility index (Phi) is 5.12. The molecule has 19 heavy (non-hydrogen) atoms. The Morgan fingerprint density at radius 3 is 2.89 bits per heavy atom. The van der Waals surface area contributed by atoms with Crippen LogP contribution in [0.2, 0.25) is 0 Å². The van der Waals surface area contributed by atoms with Gasteiger partial charge in [0, 0.05) is 25.3 Å². The summed E-state index contributed by atoms with van der Waals surface area (Å²) in [4.78, 5) is 2.65. The summed E-state index contributed by atoms with van der Waals surface area (Å²) in [6.45, 7) is 7.06. The van der Waals surface area contributed by atoms with Crippen LogP contribution >= 0.6 is 12.4 Å². The molecule has 1 aliphatic carbocycles. The Morgan fingerprint density at radius 2 is 2.16 bits per heavy atom. The van der Waals surface area contributed by atoms with E-state index in [0.717, 1.165) is 19.0 Å². The van der Waals surface area contributed by atoms with Crippen LogP contribution in [0.15, 0.2) is 18.2 Å². The SMILES string of the molecule is CCCN(Cc1cccc2c1NCC2)CC1CC1.Cl. The molecule has 1 aromatic carbocycles. The van der Waals surface area contributed by atoms with Gasteiger partial charge in [-0.15, -0.1) is 12.4 Å². The third-order valence-corrected chi connectivity index (χ3v) is 4.08. The summed E-state index contributed by atoms with van der Waals surface area (Å²) in [6, 6.07) is 6.79. The second-order valence-corrected chi connectivity index (χ2v) is 5.81. The lowest BCUT2D eigenvalue weighted by Gasteiger charge is -2.23. The molecule has 1 aliphatic heterocycles. The van der Waals surface area contributed by atoms with Gasteiger partial charge in [0.05, 0.1) is 0 Å². The van der Waals surface area contributed by atoms with Crippen molar-refractivity contribution in [2.24, 2.45) is 5.92 Å². The van der Waals surface area contributed by atoms with Gasteiger partial charge in [-0.1, -0.05) is 25.1 Å². The molecule has 0 unspecified atom stereocenters. The zero-order valence-electron chi connectivity index (χ0n) is 11.8. The Bertz CT molecular complexity index is 415. The fraction of sp³-hybridized carbons (Fsp3) is 0.625. The minimum atomic E-state index is 0. The van der Waals surface area contributed by atoms with E-state index in [1.54, 1.807) is 0 Å². The lowest BCUT2D eigenvalue weighted by atomic mass is 10.1. The van der Waals surface area contributed by atoms with Crippen LogP contribution < -0.4 is 5.32 Å². The number of halogens is 1. The van der Waals surface area contributed by atoms with Crippen LogP contribution in [0.1, 0.15) is 37.3 Å². The van der Waals surface area contributed by atoms with E-state index in [2.05, 4.69) is 35.3 Å². The van der Waals surface area contributed by atoms with E-state index in [9.17, 15) is 0 Å². The largest absolute Gasteiger partial charge is 0.384 e. The van der Waals surface area contributed by atoms with Crippen molar-refractivity contribution in [3.8, 4) is 0 Å². The molecule has 0 bridgehead atoms. The smallest absolute Gasteiger partial charge is 0.0419 e. The molecule has 1 aromatic rings. The highest BCUT2D eigenvalue weighted by Crippen LogP contribution is 2.32. The summed E-state index contributed by atoms with van der Waals surface area (Å²) < 4.78 is 0. The van der Waals surface area contributed by atoms with Crippen LogP contribution in [-0.4, -0.2) is 24.5 Å². The van der Waals surface area contributed by atoms with E-state index in [1.165, 1.54) is 55.6 Å². The van der Waals surface area contributed by atoms with E-state index in [-0.39, 0.29) is 12.4 Å². The summed E-state index contributed by atoms with van der Waals surface area (Å²) in [5.41, 5.74) is 4.43. The molecule has 0 atom stereocenters. The number of hydrogen-bond acceptors (Lipinski definition) is 2. The van der Waals surface area contributed by atoms with Crippen molar-refractivity contribution in [3.05, 3.63) is 29.3 Å². The molecule has 0 aromatic heterocycles. The molecule has 1 heterocycles. The minimum Gasteiger partial charge on any atom is -0.384 e. The van der Waals surface area contributed by atoms with Gasteiger partial charge in [0.15, 0.2) is 0 Å². The topological polar surface area (TPSA) is 15.3 Å². The molecule has 0 radical (unpaired) electrons. The number of hydrogen-bond donors (Lipinski definition) is 1. The quantitative estimate of drug-likeness (QED) is 0.855. The van der Waals surface area contributed by atoms with Crippen LogP contribution in [-0.2, 0) is 13.0 Å². The van der Waals surface area contributed by atoms with Gasteiger partial charge in [0.2, 0.25) is 0 Å². The Morgan fingerprint density at radius 1 is 1.32 bits per heavy atom. The fourth-order valence-electron chi connectivity index (χ4n) is 3.00. The van der Waals surface area contributed by atoms with Crippen molar-refractivity contribution in [1.82, 2.24) is 4.90 Å². The summed E-state index contributed by atoms with van der Waals surface area (Å²) in [7, 11) is 0. The molecule has 3 heteroatoms. The lowest BCUT2D eigenvalue weighted by Crippen LogP contribution is -2.26. The summed E-state index contributed by atoms with van der Waals surface area (Å²) >= 11 is 0. The highest BCUT2D eigenvalue weighted by molar-refractivity contribution is 5.85. The second kappa shape index (κ2) is 6.62. The van der Waals surface area contributed by atoms with Crippen LogP contribution in [0.3, 0.4) is 0 Å². The number of nitrogens with one attached hydrogen (secondary N) is 1. The van der Waals surface area contributed by atoms with Crippen molar-refractivity contribution in [1.29, 1.82) is 0 Å². The van der Waals surface area contributed by atoms with E-state index in [1.807, 2.05) is 0 Å². The van der Waals surface area contributed by atoms with E-state index < -0.39 is 0 Å².